The highest BCUT2D eigenvalue weighted by molar-refractivity contribution is 6.33. The average Bonchev–Trinajstić information content (AvgIpc) is 2.78. The Morgan fingerprint density at radius 2 is 2.26 bits per heavy atom. The van der Waals surface area contributed by atoms with Gasteiger partial charge in [-0.1, -0.05) is 23.2 Å². The summed E-state index contributed by atoms with van der Waals surface area (Å²) in [7, 11) is 0. The Morgan fingerprint density at radius 3 is 2.95 bits per heavy atom. The molecular weight excluding hydrogens is 287 g/mol. The SMILES string of the molecule is O=C1CCC(CNCC(O)c2cc(Cl)ccc2Cl)N1. The topological polar surface area (TPSA) is 61.4 Å². The highest BCUT2D eigenvalue weighted by Crippen LogP contribution is 2.25. The Balaban J connectivity index is 1.82. The first kappa shape index (κ1) is 14.6. The Kier molecular flexibility index (Phi) is 5.05. The van der Waals surface area contributed by atoms with E-state index in [1.54, 1.807) is 18.2 Å². The molecule has 3 N–H and O–H groups in total. The standard InChI is InChI=1S/C13H16Cl2N2O2/c14-8-1-3-11(15)10(5-8)12(18)7-16-6-9-2-4-13(19)17-9/h1,3,5,9,12,16,18H,2,4,6-7H2,(H,17,19). The van der Waals surface area contributed by atoms with Crippen molar-refractivity contribution >= 4 is 29.1 Å². The van der Waals surface area contributed by atoms with Crippen molar-refractivity contribution < 1.29 is 9.90 Å². The van der Waals surface area contributed by atoms with E-state index in [0.29, 0.717) is 35.1 Å². The minimum atomic E-state index is -0.719. The number of aliphatic hydroxyl groups is 1. The van der Waals surface area contributed by atoms with Gasteiger partial charge in [-0.3, -0.25) is 4.79 Å². The predicted octanol–water partition coefficient (Wildman–Crippen LogP) is 1.89. The summed E-state index contributed by atoms with van der Waals surface area (Å²) in [5.74, 6) is 0.0882. The Hall–Kier alpha value is -0.810. The second kappa shape index (κ2) is 6.57. The molecule has 0 aromatic heterocycles. The number of aliphatic hydroxyl groups excluding tert-OH is 1. The number of carbonyl (C=O) groups is 1. The van der Waals surface area contributed by atoms with Gasteiger partial charge in [-0.05, 0) is 24.6 Å². The molecule has 0 bridgehead atoms. The molecule has 1 aromatic rings. The molecule has 1 fully saturated rings. The van der Waals surface area contributed by atoms with Crippen molar-refractivity contribution in [1.29, 1.82) is 0 Å². The van der Waals surface area contributed by atoms with Gasteiger partial charge in [-0.25, -0.2) is 0 Å². The van der Waals surface area contributed by atoms with Crippen molar-refractivity contribution in [3.63, 3.8) is 0 Å². The summed E-state index contributed by atoms with van der Waals surface area (Å²) in [6.07, 6.45) is 0.692. The molecule has 6 heteroatoms. The molecule has 104 valence electrons. The van der Waals surface area contributed by atoms with Crippen molar-refractivity contribution in [3.05, 3.63) is 33.8 Å². The number of hydrogen-bond donors (Lipinski definition) is 3. The van der Waals surface area contributed by atoms with Crippen molar-refractivity contribution in [3.8, 4) is 0 Å². The van der Waals surface area contributed by atoms with Crippen LogP contribution >= 0.6 is 23.2 Å². The van der Waals surface area contributed by atoms with Crippen molar-refractivity contribution in [2.24, 2.45) is 0 Å². The summed E-state index contributed by atoms with van der Waals surface area (Å²) in [6.45, 7) is 1.01. The van der Waals surface area contributed by atoms with Crippen LogP contribution in [-0.2, 0) is 4.79 Å². The normalized spacial score (nSPS) is 20.4. The van der Waals surface area contributed by atoms with Gasteiger partial charge in [-0.15, -0.1) is 0 Å². The molecule has 1 aromatic carbocycles. The molecule has 2 unspecified atom stereocenters. The van der Waals surface area contributed by atoms with Crippen LogP contribution < -0.4 is 10.6 Å². The monoisotopic (exact) mass is 302 g/mol. The van der Waals surface area contributed by atoms with Gasteiger partial charge in [0.05, 0.1) is 6.10 Å². The lowest BCUT2D eigenvalue weighted by atomic mass is 10.1. The van der Waals surface area contributed by atoms with Crippen molar-refractivity contribution in [1.82, 2.24) is 10.6 Å². The molecule has 19 heavy (non-hydrogen) atoms. The number of halogens is 2. The lowest BCUT2D eigenvalue weighted by Crippen LogP contribution is -2.37. The lowest BCUT2D eigenvalue weighted by Gasteiger charge is -2.16. The zero-order valence-electron chi connectivity index (χ0n) is 10.3. The summed E-state index contributed by atoms with van der Waals surface area (Å²) in [5, 5.41) is 17.1. The van der Waals surface area contributed by atoms with Crippen molar-refractivity contribution in [2.45, 2.75) is 25.0 Å². The Bertz CT molecular complexity index is 468. The Labute approximate surface area is 122 Å². The van der Waals surface area contributed by atoms with Crippen LogP contribution in [0.15, 0.2) is 18.2 Å². The van der Waals surface area contributed by atoms with E-state index in [9.17, 15) is 9.90 Å². The van der Waals surface area contributed by atoms with E-state index in [1.807, 2.05) is 0 Å². The molecule has 0 saturated carbocycles. The minimum Gasteiger partial charge on any atom is -0.387 e. The maximum Gasteiger partial charge on any atom is 0.220 e. The third-order valence-corrected chi connectivity index (χ3v) is 3.71. The van der Waals surface area contributed by atoms with Crippen LogP contribution in [0, 0.1) is 0 Å². The summed E-state index contributed by atoms with van der Waals surface area (Å²) < 4.78 is 0. The van der Waals surface area contributed by atoms with Gasteiger partial charge in [0.1, 0.15) is 0 Å². The highest BCUT2D eigenvalue weighted by atomic mass is 35.5. The highest BCUT2D eigenvalue weighted by Gasteiger charge is 2.20. The maximum atomic E-state index is 11.0. The molecule has 0 spiro atoms. The van der Waals surface area contributed by atoms with Crippen molar-refractivity contribution in [2.75, 3.05) is 13.1 Å². The van der Waals surface area contributed by atoms with Gasteiger partial charge in [0.2, 0.25) is 5.91 Å². The molecule has 1 aliphatic rings. The number of amides is 1. The molecule has 1 aliphatic heterocycles. The van der Waals surface area contributed by atoms with Crippen LogP contribution in [-0.4, -0.2) is 30.1 Å². The fourth-order valence-corrected chi connectivity index (χ4v) is 2.53. The first-order valence-corrected chi connectivity index (χ1v) is 6.95. The summed E-state index contributed by atoms with van der Waals surface area (Å²) in [6, 6.07) is 5.16. The quantitative estimate of drug-likeness (QED) is 0.778. The fourth-order valence-electron chi connectivity index (χ4n) is 2.10. The van der Waals surface area contributed by atoms with Gasteiger partial charge < -0.3 is 15.7 Å². The smallest absolute Gasteiger partial charge is 0.220 e. The van der Waals surface area contributed by atoms with Gasteiger partial charge in [0, 0.05) is 41.2 Å². The Morgan fingerprint density at radius 1 is 1.47 bits per heavy atom. The fraction of sp³-hybridized carbons (Fsp3) is 0.462. The molecule has 1 saturated heterocycles. The lowest BCUT2D eigenvalue weighted by molar-refractivity contribution is -0.119. The molecule has 1 heterocycles. The van der Waals surface area contributed by atoms with Crippen LogP contribution in [0.5, 0.6) is 0 Å². The average molecular weight is 303 g/mol. The molecule has 2 rings (SSSR count). The summed E-state index contributed by atoms with van der Waals surface area (Å²) in [5.41, 5.74) is 0.608. The van der Waals surface area contributed by atoms with Gasteiger partial charge in [0.25, 0.3) is 0 Å². The van der Waals surface area contributed by atoms with E-state index >= 15 is 0 Å². The second-order valence-corrected chi connectivity index (χ2v) is 5.49. The third kappa shape index (κ3) is 4.08. The van der Waals surface area contributed by atoms with E-state index in [2.05, 4.69) is 10.6 Å². The van der Waals surface area contributed by atoms with E-state index in [0.717, 1.165) is 6.42 Å². The summed E-state index contributed by atoms with van der Waals surface area (Å²) >= 11 is 11.9. The van der Waals surface area contributed by atoms with E-state index in [4.69, 9.17) is 23.2 Å². The van der Waals surface area contributed by atoms with Gasteiger partial charge >= 0.3 is 0 Å². The van der Waals surface area contributed by atoms with E-state index < -0.39 is 6.10 Å². The number of rotatable bonds is 5. The van der Waals surface area contributed by atoms with Crippen LogP contribution in [0.3, 0.4) is 0 Å². The van der Waals surface area contributed by atoms with E-state index in [1.165, 1.54) is 0 Å². The molecule has 1 amide bonds. The van der Waals surface area contributed by atoms with Crippen LogP contribution in [0.25, 0.3) is 0 Å². The van der Waals surface area contributed by atoms with E-state index in [-0.39, 0.29) is 11.9 Å². The van der Waals surface area contributed by atoms with Crippen LogP contribution in [0.2, 0.25) is 10.0 Å². The molecule has 4 nitrogen and oxygen atoms in total. The minimum absolute atomic E-state index is 0.0882. The number of benzene rings is 1. The number of hydrogen-bond acceptors (Lipinski definition) is 3. The molecule has 0 radical (unpaired) electrons. The first-order valence-electron chi connectivity index (χ1n) is 6.19. The second-order valence-electron chi connectivity index (χ2n) is 4.64. The third-order valence-electron chi connectivity index (χ3n) is 3.13. The van der Waals surface area contributed by atoms with Gasteiger partial charge in [0.15, 0.2) is 0 Å². The largest absolute Gasteiger partial charge is 0.387 e. The first-order chi connectivity index (χ1) is 9.06. The molecule has 0 aliphatic carbocycles. The maximum absolute atomic E-state index is 11.0. The summed E-state index contributed by atoms with van der Waals surface area (Å²) in [4.78, 5) is 11.0. The van der Waals surface area contributed by atoms with Crippen LogP contribution in [0.1, 0.15) is 24.5 Å². The number of carbonyl (C=O) groups excluding carboxylic acids is 1. The molecule has 2 atom stereocenters. The number of nitrogens with one attached hydrogen (secondary N) is 2. The van der Waals surface area contributed by atoms with Gasteiger partial charge in [-0.2, -0.15) is 0 Å². The van der Waals surface area contributed by atoms with Crippen LogP contribution in [0.4, 0.5) is 0 Å². The zero-order valence-corrected chi connectivity index (χ0v) is 11.8. The predicted molar refractivity (Wildman–Crippen MR) is 75.5 cm³/mol. The molecular formula is C13H16Cl2N2O2. The zero-order chi connectivity index (χ0) is 13.8.